The molecule has 234 valence electrons. The fourth-order valence-electron chi connectivity index (χ4n) is 6.52. The van der Waals surface area contributed by atoms with Gasteiger partial charge >= 0.3 is 6.03 Å². The molecule has 1 aliphatic heterocycles. The number of benzene rings is 4. The predicted octanol–water partition coefficient (Wildman–Crippen LogP) is 3.61. The SMILES string of the molecule is Nc1[n-]nc2ccc(CN3C(=O)N(Cc4ccc5[nH]nc(N)c5c4)[C@H](Cc4ccccc4)[C@H](O)[C@@H](O)[C@H]3Cc3ccccc3)cc12. The predicted molar refractivity (Wildman–Crippen MR) is 176 cm³/mol. The van der Waals surface area contributed by atoms with Gasteiger partial charge in [-0.15, -0.1) is 0 Å². The normalized spacial score (nSPS) is 20.4. The Hall–Kier alpha value is -5.39. The highest BCUT2D eigenvalue weighted by Gasteiger charge is 2.46. The number of aromatic nitrogens is 4. The number of aliphatic hydroxyl groups is 2. The van der Waals surface area contributed by atoms with E-state index in [-0.39, 0.29) is 19.1 Å². The molecule has 0 aliphatic carbocycles. The quantitative estimate of drug-likeness (QED) is 0.173. The molecule has 1 aliphatic rings. The molecule has 11 heteroatoms. The number of amides is 2. The maximum Gasteiger partial charge on any atom is 0.321 e. The van der Waals surface area contributed by atoms with Gasteiger partial charge in [0.1, 0.15) is 12.2 Å². The first-order valence-electron chi connectivity index (χ1n) is 15.3. The maximum atomic E-state index is 14.9. The summed E-state index contributed by atoms with van der Waals surface area (Å²) in [5, 5.41) is 40.5. The summed E-state index contributed by atoms with van der Waals surface area (Å²) in [5.74, 6) is 0.680. The van der Waals surface area contributed by atoms with Crippen LogP contribution < -0.4 is 16.6 Å². The number of rotatable bonds is 8. The fraction of sp³-hybridized carbons (Fsp3) is 0.229. The highest BCUT2D eigenvalue weighted by atomic mass is 16.3. The molecule has 0 saturated carbocycles. The second kappa shape index (κ2) is 12.2. The molecule has 0 spiro atoms. The molecule has 1 saturated heterocycles. The van der Waals surface area contributed by atoms with E-state index in [1.165, 1.54) is 0 Å². The van der Waals surface area contributed by atoms with E-state index in [1.54, 1.807) is 9.80 Å². The second-order valence-corrected chi connectivity index (χ2v) is 12.0. The molecule has 6 aromatic rings. The second-order valence-electron chi connectivity index (χ2n) is 12.0. The summed E-state index contributed by atoms with van der Waals surface area (Å²) in [7, 11) is 0. The van der Waals surface area contributed by atoms with Crippen molar-refractivity contribution in [3.8, 4) is 0 Å². The first kappa shape index (κ1) is 29.3. The van der Waals surface area contributed by atoms with Gasteiger partial charge in [-0.05, 0) is 65.2 Å². The molecular formula is C35H35N8O3-. The topological polar surface area (TPSA) is 172 Å². The van der Waals surface area contributed by atoms with Crippen molar-refractivity contribution in [3.63, 3.8) is 0 Å². The van der Waals surface area contributed by atoms with Gasteiger partial charge in [0.05, 0.1) is 23.1 Å². The molecular weight excluding hydrogens is 580 g/mol. The molecule has 11 nitrogen and oxygen atoms in total. The number of hydrogen-bond acceptors (Lipinski definition) is 7. The minimum absolute atomic E-state index is 0.170. The number of hydrogen-bond donors (Lipinski definition) is 5. The number of fused-ring (bicyclic) bond motifs is 2. The van der Waals surface area contributed by atoms with Gasteiger partial charge in [0, 0.05) is 23.9 Å². The van der Waals surface area contributed by atoms with E-state index >= 15 is 0 Å². The standard InChI is InChI=1S/C35H35N8O3/c36-33-25-15-23(11-13-27(25)38-40-33)19-42-29(17-21-7-3-1-4-8-21)31(44)32(45)30(18-22-9-5-2-6-10-22)43(35(42)46)20-24-12-14-28-26(16-24)34(37)41-39-28/h1-16,29-32,44-45H,17-20H2,(H5-,36,37,38,39,40,41)/q-1/t29-,30-,31+,32+/m1/s1. The van der Waals surface area contributed by atoms with E-state index in [1.807, 2.05) is 97.1 Å². The van der Waals surface area contributed by atoms with E-state index in [2.05, 4.69) is 20.4 Å². The number of nitrogens with two attached hydrogens (primary N) is 2. The summed E-state index contributed by atoms with van der Waals surface area (Å²) in [6.07, 6.45) is -1.80. The Bertz CT molecular complexity index is 1830. The van der Waals surface area contributed by atoms with E-state index in [9.17, 15) is 15.0 Å². The van der Waals surface area contributed by atoms with Crippen molar-refractivity contribution in [2.24, 2.45) is 0 Å². The van der Waals surface area contributed by atoms with Crippen LogP contribution >= 0.6 is 0 Å². The molecule has 2 aromatic heterocycles. The number of aliphatic hydroxyl groups excluding tert-OH is 2. The lowest BCUT2D eigenvalue weighted by atomic mass is 9.91. The largest absolute Gasteiger partial charge is 0.493 e. The van der Waals surface area contributed by atoms with Crippen molar-refractivity contribution in [2.75, 3.05) is 11.5 Å². The van der Waals surface area contributed by atoms with Crippen LogP contribution in [0.2, 0.25) is 0 Å². The van der Waals surface area contributed by atoms with E-state index in [0.717, 1.165) is 33.2 Å². The average molecular weight is 616 g/mol. The summed E-state index contributed by atoms with van der Waals surface area (Å²) in [6, 6.07) is 28.9. The Morgan fingerprint density at radius 2 is 1.26 bits per heavy atom. The van der Waals surface area contributed by atoms with Gasteiger partial charge in [-0.3, -0.25) is 10.2 Å². The Morgan fingerprint density at radius 1 is 0.717 bits per heavy atom. The number of anilines is 2. The van der Waals surface area contributed by atoms with Gasteiger partial charge < -0.3 is 36.6 Å². The van der Waals surface area contributed by atoms with Crippen molar-refractivity contribution in [2.45, 2.75) is 50.2 Å². The number of carbonyl (C=O) groups excluding carboxylic acids is 1. The summed E-state index contributed by atoms with van der Waals surface area (Å²) in [4.78, 5) is 18.3. The average Bonchev–Trinajstić information content (AvgIpc) is 3.63. The van der Waals surface area contributed by atoms with Gasteiger partial charge in [-0.1, -0.05) is 72.8 Å². The number of nitrogen functional groups attached to an aromatic ring is 2. The maximum absolute atomic E-state index is 14.9. The number of aromatic amines is 1. The number of nitrogens with zero attached hydrogens (tertiary/aromatic N) is 5. The van der Waals surface area contributed by atoms with E-state index in [4.69, 9.17) is 11.5 Å². The third kappa shape index (κ3) is 5.62. The summed E-state index contributed by atoms with van der Waals surface area (Å²) in [6.45, 7) is 0.348. The van der Waals surface area contributed by atoms with Crippen LogP contribution in [0.4, 0.5) is 16.4 Å². The highest BCUT2D eigenvalue weighted by molar-refractivity contribution is 5.90. The van der Waals surface area contributed by atoms with Crippen molar-refractivity contribution in [3.05, 3.63) is 119 Å². The molecule has 0 bridgehead atoms. The molecule has 4 atom stereocenters. The van der Waals surface area contributed by atoms with Crippen LogP contribution in [-0.4, -0.2) is 65.6 Å². The summed E-state index contributed by atoms with van der Waals surface area (Å²) < 4.78 is 0. The van der Waals surface area contributed by atoms with Gasteiger partial charge in [-0.2, -0.15) is 5.10 Å². The van der Waals surface area contributed by atoms with Crippen LogP contribution in [0.1, 0.15) is 22.3 Å². The molecule has 3 heterocycles. The molecule has 1 fully saturated rings. The van der Waals surface area contributed by atoms with Gasteiger partial charge in [0.2, 0.25) is 0 Å². The molecule has 7 rings (SSSR count). The van der Waals surface area contributed by atoms with Crippen LogP contribution in [-0.2, 0) is 25.9 Å². The first-order chi connectivity index (χ1) is 22.4. The third-order valence-electron chi connectivity index (χ3n) is 8.97. The molecule has 4 aromatic carbocycles. The van der Waals surface area contributed by atoms with Gasteiger partial charge in [-0.25, -0.2) is 4.79 Å². The minimum Gasteiger partial charge on any atom is -0.493 e. The number of urea groups is 1. The van der Waals surface area contributed by atoms with Crippen molar-refractivity contribution in [1.29, 1.82) is 0 Å². The summed E-state index contributed by atoms with van der Waals surface area (Å²) >= 11 is 0. The highest BCUT2D eigenvalue weighted by Crippen LogP contribution is 2.31. The lowest BCUT2D eigenvalue weighted by molar-refractivity contribution is -0.0408. The van der Waals surface area contributed by atoms with Crippen LogP contribution in [0, 0.1) is 0 Å². The molecule has 0 unspecified atom stereocenters. The monoisotopic (exact) mass is 615 g/mol. The zero-order chi connectivity index (χ0) is 31.8. The molecule has 2 amide bonds. The third-order valence-corrected chi connectivity index (χ3v) is 8.97. The van der Waals surface area contributed by atoms with Crippen molar-refractivity contribution >= 4 is 39.5 Å². The van der Waals surface area contributed by atoms with Gasteiger partial charge in [0.25, 0.3) is 0 Å². The van der Waals surface area contributed by atoms with E-state index < -0.39 is 24.3 Å². The molecule has 46 heavy (non-hydrogen) atoms. The number of carbonyl (C=O) groups is 1. The van der Waals surface area contributed by atoms with Crippen LogP contribution in [0.5, 0.6) is 0 Å². The van der Waals surface area contributed by atoms with Crippen molar-refractivity contribution in [1.82, 2.24) is 30.2 Å². The lowest BCUT2D eigenvalue weighted by Crippen LogP contribution is -2.50. The van der Waals surface area contributed by atoms with Gasteiger partial charge in [0.15, 0.2) is 5.82 Å². The Balaban J connectivity index is 1.33. The lowest BCUT2D eigenvalue weighted by Gasteiger charge is -2.36. The zero-order valence-corrected chi connectivity index (χ0v) is 25.1. The zero-order valence-electron chi connectivity index (χ0n) is 25.1. The van der Waals surface area contributed by atoms with Crippen LogP contribution in [0.25, 0.3) is 21.8 Å². The summed E-state index contributed by atoms with van der Waals surface area (Å²) in [5.41, 5.74) is 17.2. The fourth-order valence-corrected chi connectivity index (χ4v) is 6.52. The Kier molecular flexibility index (Phi) is 7.77. The van der Waals surface area contributed by atoms with Crippen LogP contribution in [0.3, 0.4) is 0 Å². The minimum atomic E-state index is -1.24. The smallest absolute Gasteiger partial charge is 0.321 e. The van der Waals surface area contributed by atoms with Crippen LogP contribution in [0.15, 0.2) is 97.1 Å². The molecule has 0 radical (unpaired) electrons. The van der Waals surface area contributed by atoms with E-state index in [0.29, 0.717) is 35.4 Å². The van der Waals surface area contributed by atoms with Crippen molar-refractivity contribution < 1.29 is 15.0 Å². The Morgan fingerprint density at radius 3 is 1.85 bits per heavy atom. The first-order valence-corrected chi connectivity index (χ1v) is 15.3. The number of H-pyrrole nitrogens is 1. The Labute approximate surface area is 265 Å². The molecule has 7 N–H and O–H groups in total. The number of nitrogens with one attached hydrogen (secondary N) is 1.